The van der Waals surface area contributed by atoms with Gasteiger partial charge >= 0.3 is 0 Å². The maximum atomic E-state index is 5.46. The molecule has 0 aromatic carbocycles. The average molecular weight is 237 g/mol. The fourth-order valence-corrected chi connectivity index (χ4v) is 1.59. The van der Waals surface area contributed by atoms with Gasteiger partial charge in [0, 0.05) is 12.1 Å². The van der Waals surface area contributed by atoms with Crippen molar-refractivity contribution in [3.63, 3.8) is 0 Å². The zero-order valence-electron chi connectivity index (χ0n) is 11.0. The quantitative estimate of drug-likeness (QED) is 0.500. The molecule has 0 amide bonds. The largest absolute Gasteiger partial charge is 0.369 e. The SMILES string of the molecule is CCCc1c(NN)ncnc1NCC(C)CC. The number of nitrogen functional groups attached to an aromatic ring is 1. The Kier molecular flexibility index (Phi) is 5.69. The molecule has 1 atom stereocenters. The molecule has 1 aromatic rings. The maximum absolute atomic E-state index is 5.46. The third kappa shape index (κ3) is 3.85. The Morgan fingerprint density at radius 3 is 2.59 bits per heavy atom. The lowest BCUT2D eigenvalue weighted by Gasteiger charge is -2.15. The summed E-state index contributed by atoms with van der Waals surface area (Å²) in [7, 11) is 0. The monoisotopic (exact) mass is 237 g/mol. The molecule has 0 saturated carbocycles. The molecule has 0 fully saturated rings. The third-order valence-electron chi connectivity index (χ3n) is 2.90. The molecule has 0 aliphatic carbocycles. The fourth-order valence-electron chi connectivity index (χ4n) is 1.59. The van der Waals surface area contributed by atoms with Crippen LogP contribution >= 0.6 is 0 Å². The highest BCUT2D eigenvalue weighted by atomic mass is 15.3. The van der Waals surface area contributed by atoms with Crippen molar-refractivity contribution in [2.24, 2.45) is 11.8 Å². The van der Waals surface area contributed by atoms with Gasteiger partial charge in [0.2, 0.25) is 0 Å². The molecule has 4 N–H and O–H groups in total. The van der Waals surface area contributed by atoms with Crippen molar-refractivity contribution in [3.8, 4) is 0 Å². The molecular formula is C12H23N5. The van der Waals surface area contributed by atoms with Gasteiger partial charge in [-0.05, 0) is 12.3 Å². The van der Waals surface area contributed by atoms with Crippen LogP contribution in [0, 0.1) is 5.92 Å². The molecule has 17 heavy (non-hydrogen) atoms. The first-order valence-corrected chi connectivity index (χ1v) is 6.27. The van der Waals surface area contributed by atoms with Crippen molar-refractivity contribution < 1.29 is 0 Å². The van der Waals surface area contributed by atoms with Crippen LogP contribution in [-0.2, 0) is 6.42 Å². The van der Waals surface area contributed by atoms with Gasteiger partial charge in [0.25, 0.3) is 0 Å². The van der Waals surface area contributed by atoms with Crippen LogP contribution in [-0.4, -0.2) is 16.5 Å². The van der Waals surface area contributed by atoms with Gasteiger partial charge in [-0.25, -0.2) is 15.8 Å². The first-order chi connectivity index (χ1) is 8.22. The molecule has 0 aliphatic rings. The summed E-state index contributed by atoms with van der Waals surface area (Å²) < 4.78 is 0. The number of rotatable bonds is 7. The van der Waals surface area contributed by atoms with Crippen molar-refractivity contribution in [3.05, 3.63) is 11.9 Å². The van der Waals surface area contributed by atoms with Gasteiger partial charge in [0.1, 0.15) is 18.0 Å². The van der Waals surface area contributed by atoms with Crippen LogP contribution in [0.1, 0.15) is 39.2 Å². The van der Waals surface area contributed by atoms with Gasteiger partial charge in [0.15, 0.2) is 0 Å². The lowest BCUT2D eigenvalue weighted by atomic mass is 10.1. The Bertz CT molecular complexity index is 340. The van der Waals surface area contributed by atoms with Crippen molar-refractivity contribution in [2.75, 3.05) is 17.3 Å². The van der Waals surface area contributed by atoms with E-state index in [0.717, 1.165) is 37.2 Å². The van der Waals surface area contributed by atoms with Gasteiger partial charge in [0.05, 0.1) is 0 Å². The van der Waals surface area contributed by atoms with E-state index >= 15 is 0 Å². The molecule has 0 saturated heterocycles. The van der Waals surface area contributed by atoms with E-state index in [-0.39, 0.29) is 0 Å². The fraction of sp³-hybridized carbons (Fsp3) is 0.667. The Labute approximate surface area is 103 Å². The smallest absolute Gasteiger partial charge is 0.148 e. The summed E-state index contributed by atoms with van der Waals surface area (Å²) in [6.07, 6.45) is 4.65. The predicted octanol–water partition coefficient (Wildman–Crippen LogP) is 2.17. The van der Waals surface area contributed by atoms with Crippen LogP contribution in [0.25, 0.3) is 0 Å². The van der Waals surface area contributed by atoms with Crippen LogP contribution < -0.4 is 16.6 Å². The Morgan fingerprint density at radius 1 is 1.29 bits per heavy atom. The number of nitrogens with one attached hydrogen (secondary N) is 2. The minimum Gasteiger partial charge on any atom is -0.369 e. The number of hydrazine groups is 1. The van der Waals surface area contributed by atoms with Crippen molar-refractivity contribution >= 4 is 11.6 Å². The third-order valence-corrected chi connectivity index (χ3v) is 2.90. The van der Waals surface area contributed by atoms with E-state index in [0.29, 0.717) is 11.7 Å². The molecule has 1 unspecified atom stereocenters. The normalized spacial score (nSPS) is 12.2. The minimum absolute atomic E-state index is 0.633. The van der Waals surface area contributed by atoms with Crippen LogP contribution in [0.4, 0.5) is 11.6 Å². The number of nitrogens with two attached hydrogens (primary N) is 1. The summed E-state index contributed by atoms with van der Waals surface area (Å²) in [4.78, 5) is 8.43. The molecule has 5 heteroatoms. The summed E-state index contributed by atoms with van der Waals surface area (Å²) in [6.45, 7) is 7.46. The van der Waals surface area contributed by atoms with Crippen molar-refractivity contribution in [1.29, 1.82) is 0 Å². The van der Waals surface area contributed by atoms with E-state index in [1.54, 1.807) is 0 Å². The summed E-state index contributed by atoms with van der Waals surface area (Å²) in [6, 6.07) is 0. The topological polar surface area (TPSA) is 75.9 Å². The molecule has 5 nitrogen and oxygen atoms in total. The van der Waals surface area contributed by atoms with E-state index in [2.05, 4.69) is 41.5 Å². The second kappa shape index (κ2) is 7.06. The molecule has 1 heterocycles. The van der Waals surface area contributed by atoms with E-state index in [9.17, 15) is 0 Å². The summed E-state index contributed by atoms with van der Waals surface area (Å²) >= 11 is 0. The van der Waals surface area contributed by atoms with Crippen molar-refractivity contribution in [2.45, 2.75) is 40.0 Å². The lowest BCUT2D eigenvalue weighted by molar-refractivity contribution is 0.592. The molecular weight excluding hydrogens is 214 g/mol. The first-order valence-electron chi connectivity index (χ1n) is 6.27. The molecule has 0 bridgehead atoms. The summed E-state index contributed by atoms with van der Waals surface area (Å²) in [5, 5.41) is 3.38. The minimum atomic E-state index is 0.633. The number of hydrogen-bond acceptors (Lipinski definition) is 5. The van der Waals surface area contributed by atoms with Crippen molar-refractivity contribution in [1.82, 2.24) is 9.97 Å². The highest BCUT2D eigenvalue weighted by molar-refractivity contribution is 5.56. The van der Waals surface area contributed by atoms with Gasteiger partial charge < -0.3 is 10.7 Å². The molecule has 96 valence electrons. The first kappa shape index (κ1) is 13.7. The number of aromatic nitrogens is 2. The average Bonchev–Trinajstić information content (AvgIpc) is 2.37. The van der Waals surface area contributed by atoms with Crippen LogP contribution in [0.5, 0.6) is 0 Å². The summed E-state index contributed by atoms with van der Waals surface area (Å²) in [5.41, 5.74) is 3.70. The highest BCUT2D eigenvalue weighted by Gasteiger charge is 2.10. The van der Waals surface area contributed by atoms with E-state index in [1.165, 1.54) is 6.33 Å². The maximum Gasteiger partial charge on any atom is 0.148 e. The Morgan fingerprint density at radius 2 is 2.00 bits per heavy atom. The van der Waals surface area contributed by atoms with E-state index < -0.39 is 0 Å². The van der Waals surface area contributed by atoms with E-state index in [4.69, 9.17) is 5.84 Å². The number of nitrogens with zero attached hydrogens (tertiary/aromatic N) is 2. The van der Waals surface area contributed by atoms with Gasteiger partial charge in [-0.15, -0.1) is 0 Å². The summed E-state index contributed by atoms with van der Waals surface area (Å²) in [5.74, 6) is 7.71. The molecule has 0 aliphatic heterocycles. The highest BCUT2D eigenvalue weighted by Crippen LogP contribution is 2.21. The molecule has 1 aromatic heterocycles. The number of anilines is 2. The number of hydrogen-bond donors (Lipinski definition) is 3. The van der Waals surface area contributed by atoms with Crippen LogP contribution in [0.3, 0.4) is 0 Å². The second-order valence-corrected chi connectivity index (χ2v) is 4.34. The zero-order chi connectivity index (χ0) is 12.7. The lowest BCUT2D eigenvalue weighted by Crippen LogP contribution is -2.16. The van der Waals surface area contributed by atoms with Gasteiger partial charge in [-0.2, -0.15) is 0 Å². The zero-order valence-corrected chi connectivity index (χ0v) is 11.0. The Balaban J connectivity index is 2.82. The predicted molar refractivity (Wildman–Crippen MR) is 71.8 cm³/mol. The van der Waals surface area contributed by atoms with E-state index in [1.807, 2.05) is 0 Å². The van der Waals surface area contributed by atoms with Crippen LogP contribution in [0.15, 0.2) is 6.33 Å². The Hall–Kier alpha value is -1.36. The molecule has 1 rings (SSSR count). The second-order valence-electron chi connectivity index (χ2n) is 4.34. The van der Waals surface area contributed by atoms with Gasteiger partial charge in [-0.1, -0.05) is 33.6 Å². The van der Waals surface area contributed by atoms with Gasteiger partial charge in [-0.3, -0.25) is 0 Å². The molecule has 0 radical (unpaired) electrons. The molecule has 0 spiro atoms. The standard InChI is InChI=1S/C12H23N5/c1-4-6-10-11(14-7-9(3)5-2)15-8-16-12(10)17-13/h8-9H,4-7,13H2,1-3H3,(H2,14,15,16,17). The van der Waals surface area contributed by atoms with Crippen LogP contribution in [0.2, 0.25) is 0 Å².